The molecule has 0 aliphatic carbocycles. The molecule has 11 nitrogen and oxygen atoms in total. The number of ether oxygens (including phenoxy) is 4. The molecule has 14 heteroatoms. The number of rotatable bonds is 18. The number of benzene rings is 4. The second kappa shape index (κ2) is 20.1. The van der Waals surface area contributed by atoms with Crippen LogP contribution in [0.25, 0.3) is 16.0 Å². The van der Waals surface area contributed by atoms with Crippen molar-refractivity contribution in [1.29, 1.82) is 0 Å². The highest BCUT2D eigenvalue weighted by Gasteiger charge is 2.32. The molecule has 6 rings (SSSR count). The third-order valence-corrected chi connectivity index (χ3v) is 11.0. The van der Waals surface area contributed by atoms with Gasteiger partial charge in [0.05, 0.1) is 28.2 Å². The number of aliphatic carboxylic acids is 1. The molecule has 0 fully saturated rings. The number of hydrogen-bond acceptors (Lipinski definition) is 9. The van der Waals surface area contributed by atoms with Crippen molar-refractivity contribution in [1.82, 2.24) is 15.3 Å². The van der Waals surface area contributed by atoms with Gasteiger partial charge in [-0.3, -0.25) is 20.1 Å². The van der Waals surface area contributed by atoms with Gasteiger partial charge in [-0.2, -0.15) is 0 Å². The molecule has 0 aliphatic heterocycles. The van der Waals surface area contributed by atoms with Crippen LogP contribution in [0.1, 0.15) is 51.4 Å². The summed E-state index contributed by atoms with van der Waals surface area (Å²) in [6.07, 6.45) is 6.59. The largest absolute Gasteiger partial charge is 0.488 e. The van der Waals surface area contributed by atoms with Crippen molar-refractivity contribution in [3.63, 3.8) is 0 Å². The number of aromatic nitrogens is 2. The number of carbonyl (C=O) groups is 1. The molecule has 0 bridgehead atoms. The van der Waals surface area contributed by atoms with Crippen LogP contribution in [-0.4, -0.2) is 38.3 Å². The minimum atomic E-state index is -1.61. The highest BCUT2D eigenvalue weighted by Crippen LogP contribution is 2.38. The molecule has 61 heavy (non-hydrogen) atoms. The zero-order valence-corrected chi connectivity index (χ0v) is 36.2. The first kappa shape index (κ1) is 44.7. The Morgan fingerprint density at radius 2 is 1.20 bits per heavy atom. The van der Waals surface area contributed by atoms with E-state index in [1.54, 1.807) is 48.9 Å². The van der Waals surface area contributed by atoms with E-state index in [1.807, 2.05) is 44.2 Å². The summed E-state index contributed by atoms with van der Waals surface area (Å²) in [7, 11) is 0. The van der Waals surface area contributed by atoms with E-state index in [0.29, 0.717) is 49.9 Å². The summed E-state index contributed by atoms with van der Waals surface area (Å²) in [5.74, 6) is 0.389. The summed E-state index contributed by atoms with van der Waals surface area (Å²) in [5, 5.41) is 23.4. The van der Waals surface area contributed by atoms with Crippen LogP contribution >= 0.6 is 34.8 Å². The molecule has 1 atom stereocenters. The van der Waals surface area contributed by atoms with Crippen molar-refractivity contribution in [2.45, 2.75) is 66.2 Å². The second-order valence-corrected chi connectivity index (χ2v) is 15.8. The molecule has 0 amide bonds. The minimum absolute atomic E-state index is 0.0123. The number of nitrogens with zero attached hydrogens (tertiary/aromatic N) is 3. The van der Waals surface area contributed by atoms with E-state index in [2.05, 4.69) is 39.2 Å². The molecule has 6 aromatic rings. The fourth-order valence-electron chi connectivity index (χ4n) is 6.39. The summed E-state index contributed by atoms with van der Waals surface area (Å²) >= 11 is 19.8. The van der Waals surface area contributed by atoms with Crippen molar-refractivity contribution in [2.24, 2.45) is 0 Å². The molecule has 0 spiro atoms. The van der Waals surface area contributed by atoms with Crippen LogP contribution in [0.15, 0.2) is 97.6 Å². The first-order valence-corrected chi connectivity index (χ1v) is 20.2. The lowest BCUT2D eigenvalue weighted by Gasteiger charge is -2.25. The number of carboxylic acids is 1. The molecule has 1 unspecified atom stereocenters. The first-order valence-electron chi connectivity index (χ1n) is 19.1. The molecule has 314 valence electrons. The van der Waals surface area contributed by atoms with Crippen LogP contribution < -0.4 is 24.3 Å². The monoisotopic (exact) mass is 880 g/mol. The maximum Gasteiger partial charge on any atom is 0.326 e. The van der Waals surface area contributed by atoms with Crippen LogP contribution in [0.5, 0.6) is 23.0 Å². The maximum atomic E-state index is 11.9. The molecule has 2 heterocycles. The van der Waals surface area contributed by atoms with Crippen molar-refractivity contribution in [2.75, 3.05) is 6.61 Å². The topological polar surface area (TPSA) is 137 Å². The van der Waals surface area contributed by atoms with E-state index in [1.165, 1.54) is 13.1 Å². The van der Waals surface area contributed by atoms with Crippen LogP contribution in [-0.2, 0) is 37.8 Å². The summed E-state index contributed by atoms with van der Waals surface area (Å²) in [6, 6.07) is 22.4. The molecular formula is C47H43Cl3N4O7. The first-order chi connectivity index (χ1) is 29.3. The molecule has 0 aliphatic rings. The predicted octanol–water partition coefficient (Wildman–Crippen LogP) is 10.8. The van der Waals surface area contributed by atoms with E-state index < -0.39 is 18.1 Å². The highest BCUT2D eigenvalue weighted by atomic mass is 35.5. The van der Waals surface area contributed by atoms with E-state index in [9.17, 15) is 15.0 Å². The average molecular weight is 882 g/mol. The Morgan fingerprint density at radius 1 is 0.689 bits per heavy atom. The number of hydrogen-bond donors (Lipinski definition) is 3. The van der Waals surface area contributed by atoms with Gasteiger partial charge in [0, 0.05) is 54.6 Å². The van der Waals surface area contributed by atoms with Crippen molar-refractivity contribution in [3.05, 3.63) is 169 Å². The van der Waals surface area contributed by atoms with Crippen molar-refractivity contribution in [3.8, 4) is 34.1 Å². The van der Waals surface area contributed by atoms with E-state index in [-0.39, 0.29) is 38.0 Å². The van der Waals surface area contributed by atoms with Gasteiger partial charge in [0.25, 0.3) is 0 Å². The maximum absolute atomic E-state index is 11.9. The molecule has 3 N–H and O–H groups in total. The van der Waals surface area contributed by atoms with E-state index in [0.717, 1.165) is 44.5 Å². The Morgan fingerprint density at radius 3 is 1.74 bits per heavy atom. The number of nitrogens with one attached hydrogen (secondary N) is 1. The zero-order valence-electron chi connectivity index (χ0n) is 33.9. The number of aliphatic hydroxyl groups excluding tert-OH is 1. The van der Waals surface area contributed by atoms with Gasteiger partial charge in [-0.15, -0.1) is 0 Å². The van der Waals surface area contributed by atoms with Gasteiger partial charge >= 0.3 is 5.97 Å². The van der Waals surface area contributed by atoms with Crippen LogP contribution in [0.3, 0.4) is 0 Å². The highest BCUT2D eigenvalue weighted by molar-refractivity contribution is 6.36. The van der Waals surface area contributed by atoms with Gasteiger partial charge in [0.15, 0.2) is 0 Å². The van der Waals surface area contributed by atoms with Crippen LogP contribution in [0.4, 0.5) is 5.69 Å². The fourth-order valence-corrected chi connectivity index (χ4v) is 7.12. The summed E-state index contributed by atoms with van der Waals surface area (Å²) < 4.78 is 24.8. The Labute approximate surface area is 369 Å². The van der Waals surface area contributed by atoms with Crippen molar-refractivity contribution >= 4 is 46.5 Å². The predicted molar refractivity (Wildman–Crippen MR) is 236 cm³/mol. The average Bonchev–Trinajstić information content (AvgIpc) is 3.25. The Hall–Kier alpha value is -5.87. The second-order valence-electron chi connectivity index (χ2n) is 14.6. The number of carboxylic acid groups (broad SMARTS) is 1. The van der Waals surface area contributed by atoms with Gasteiger partial charge in [-0.05, 0) is 96.5 Å². The number of pyridine rings is 2. The third-order valence-electron chi connectivity index (χ3n) is 10.1. The quantitative estimate of drug-likeness (QED) is 0.0716. The SMILES string of the molecule is [C-]#[N+]c1cncc(COc2cc(OCc3cccc(-c4cccc(COc5cc(OCc6cncc(C)c6)c(Cl)cc5Cl)c4C)c3C)c(Cl)cc2CNC(C)(CO)C(=O)O)c1. The van der Waals surface area contributed by atoms with Gasteiger partial charge < -0.3 is 29.2 Å². The molecule has 0 radical (unpaired) electrons. The number of halogens is 3. The fraction of sp³-hybridized carbons (Fsp3) is 0.234. The van der Waals surface area contributed by atoms with E-state index >= 15 is 0 Å². The Bertz CT molecular complexity index is 2600. The number of aliphatic hydroxyl groups is 1. The standard InChI is InChI=1S/C47H43Cl3N4O7/c1-28-12-31(19-52-18-28)23-59-44-17-45(41(50)15-40(44)49)61-26-34-9-7-11-38(30(34)3)37-10-6-8-33(29(37)2)25-60-43-16-42(58-24-32-13-36(51-5)22-53-20-32)35(14-39(43)48)21-54-47(4,27-55)46(56)57/h6-20,22,54-55H,21,23-27H2,1-4H3,(H,56,57). The molecule has 0 saturated heterocycles. The zero-order chi connectivity index (χ0) is 43.7. The molecule has 0 saturated carbocycles. The molecular weight excluding hydrogens is 839 g/mol. The smallest absolute Gasteiger partial charge is 0.326 e. The van der Waals surface area contributed by atoms with Crippen molar-refractivity contribution < 1.29 is 34.0 Å². The molecule has 2 aromatic heterocycles. The van der Waals surface area contributed by atoms with Crippen LogP contribution in [0.2, 0.25) is 15.1 Å². The number of aryl methyl sites for hydroxylation is 1. The van der Waals surface area contributed by atoms with Crippen LogP contribution in [0, 0.1) is 27.3 Å². The Kier molecular flexibility index (Phi) is 14.7. The third kappa shape index (κ3) is 11.1. The van der Waals surface area contributed by atoms with Gasteiger partial charge in [0.2, 0.25) is 5.69 Å². The summed E-state index contributed by atoms with van der Waals surface area (Å²) in [4.78, 5) is 23.6. The van der Waals surface area contributed by atoms with Gasteiger partial charge in [0.1, 0.15) is 55.0 Å². The summed E-state index contributed by atoms with van der Waals surface area (Å²) in [6.45, 7) is 14.9. The summed E-state index contributed by atoms with van der Waals surface area (Å²) in [5.41, 5.74) is 7.87. The van der Waals surface area contributed by atoms with E-state index in [4.69, 9.17) is 60.3 Å². The van der Waals surface area contributed by atoms with Gasteiger partial charge in [-0.1, -0.05) is 71.2 Å². The molecule has 4 aromatic carbocycles. The Balaban J connectivity index is 1.19. The van der Waals surface area contributed by atoms with Gasteiger partial charge in [-0.25, -0.2) is 4.85 Å². The normalized spacial score (nSPS) is 12.0. The minimum Gasteiger partial charge on any atom is -0.488 e. The lowest BCUT2D eigenvalue weighted by Crippen LogP contribution is -2.52. The lowest BCUT2D eigenvalue weighted by atomic mass is 9.92. The lowest BCUT2D eigenvalue weighted by molar-refractivity contribution is -0.145.